The van der Waals surface area contributed by atoms with Crippen molar-refractivity contribution in [2.24, 2.45) is 0 Å². The molecule has 0 radical (unpaired) electrons. The van der Waals surface area contributed by atoms with Gasteiger partial charge in [-0.3, -0.25) is 4.72 Å². The van der Waals surface area contributed by atoms with Crippen molar-refractivity contribution >= 4 is 33.3 Å². The molecule has 3 heterocycles. The van der Waals surface area contributed by atoms with Crippen molar-refractivity contribution in [3.8, 4) is 22.9 Å². The number of nitrogens with zero attached hydrogens (tertiary/aromatic N) is 3. The quantitative estimate of drug-likeness (QED) is 0.167. The van der Waals surface area contributed by atoms with Crippen molar-refractivity contribution in [2.75, 3.05) is 23.1 Å². The normalized spacial score (nSPS) is 17.1. The van der Waals surface area contributed by atoms with E-state index >= 15 is 4.39 Å². The van der Waals surface area contributed by atoms with Gasteiger partial charge in [-0.05, 0) is 35.9 Å². The minimum absolute atomic E-state index is 0.195. The number of piperidine rings is 1. The van der Waals surface area contributed by atoms with Crippen molar-refractivity contribution < 1.29 is 30.7 Å². The fourth-order valence-electron chi connectivity index (χ4n) is 4.31. The van der Waals surface area contributed by atoms with Gasteiger partial charge in [0, 0.05) is 49.0 Å². The topological polar surface area (TPSA) is 118 Å². The Bertz CT molecular complexity index is 1720. The molecule has 1 unspecified atom stereocenters. The van der Waals surface area contributed by atoms with Gasteiger partial charge < -0.3 is 15.4 Å². The average Bonchev–Trinajstić information content (AvgIpc) is 2.94. The van der Waals surface area contributed by atoms with Crippen molar-refractivity contribution in [1.29, 1.82) is 0 Å². The number of halogens is 5. The Kier molecular flexibility index (Phi) is 8.75. The summed E-state index contributed by atoms with van der Waals surface area (Å²) in [7, 11) is -4.35. The van der Waals surface area contributed by atoms with Gasteiger partial charge in [0.05, 0.1) is 17.0 Å². The third kappa shape index (κ3) is 7.06. The zero-order valence-electron chi connectivity index (χ0n) is 21.6. The first kappa shape index (κ1) is 29.5. The van der Waals surface area contributed by atoms with E-state index in [0.29, 0.717) is 12.6 Å². The maximum absolute atomic E-state index is 15.1. The Hall–Kier alpha value is -4.01. The highest BCUT2D eigenvalue weighted by Gasteiger charge is 2.26. The number of anilines is 2. The zero-order chi connectivity index (χ0) is 29.9. The molecule has 2 aromatic heterocycles. The van der Waals surface area contributed by atoms with E-state index in [2.05, 4.69) is 25.6 Å². The van der Waals surface area contributed by atoms with Crippen LogP contribution < -0.4 is 20.1 Å². The molecule has 0 aliphatic carbocycles. The number of alkyl halides is 1. The predicted molar refractivity (Wildman–Crippen MR) is 149 cm³/mol. The minimum atomic E-state index is -4.35. The van der Waals surface area contributed by atoms with Crippen LogP contribution in [0, 0.1) is 17.5 Å². The molecule has 220 valence electrons. The van der Waals surface area contributed by atoms with Crippen LogP contribution in [-0.2, 0) is 15.8 Å². The molecule has 4 aromatic rings. The van der Waals surface area contributed by atoms with E-state index in [-0.39, 0.29) is 52.7 Å². The zero-order valence-corrected chi connectivity index (χ0v) is 23.2. The Morgan fingerprint density at radius 1 is 1.02 bits per heavy atom. The number of aromatic nitrogens is 3. The molecular weight excluding hydrogens is 600 g/mol. The molecule has 0 bridgehead atoms. The Morgan fingerprint density at radius 3 is 2.64 bits per heavy atom. The van der Waals surface area contributed by atoms with Gasteiger partial charge in [-0.1, -0.05) is 23.7 Å². The summed E-state index contributed by atoms with van der Waals surface area (Å²) in [6.07, 6.45) is 2.01. The largest absolute Gasteiger partial charge is 0.435 e. The summed E-state index contributed by atoms with van der Waals surface area (Å²) in [6, 6.07) is 10.7. The first-order valence-electron chi connectivity index (χ1n) is 12.6. The van der Waals surface area contributed by atoms with Crippen molar-refractivity contribution in [1.82, 2.24) is 20.3 Å². The van der Waals surface area contributed by atoms with E-state index in [4.69, 9.17) is 16.3 Å². The molecule has 2 atom stereocenters. The lowest BCUT2D eigenvalue weighted by Gasteiger charge is -2.26. The van der Waals surface area contributed by atoms with E-state index < -0.39 is 50.8 Å². The molecule has 1 aliphatic heterocycles. The third-order valence-corrected chi connectivity index (χ3v) is 7.63. The lowest BCUT2D eigenvalue weighted by molar-refractivity contribution is 0.254. The van der Waals surface area contributed by atoms with Gasteiger partial charge >= 0.3 is 0 Å². The first-order valence-corrected chi connectivity index (χ1v) is 14.6. The van der Waals surface area contributed by atoms with E-state index in [1.54, 1.807) is 10.8 Å². The SMILES string of the molecule is O=S(=O)(Cc1cccc(Cl)c1)Nc1c(F)cc(Oc2ncccc2-c2ccnc(NC3CNC[C@@H](F)C3)n2)c(F)c1F. The van der Waals surface area contributed by atoms with Gasteiger partial charge in [0.2, 0.25) is 27.7 Å². The van der Waals surface area contributed by atoms with Gasteiger partial charge in [-0.25, -0.2) is 36.5 Å². The molecular formula is C27H23ClF4N6O3S. The molecule has 1 fully saturated rings. The van der Waals surface area contributed by atoms with E-state index in [1.807, 2.05) is 0 Å². The molecule has 42 heavy (non-hydrogen) atoms. The number of pyridine rings is 1. The van der Waals surface area contributed by atoms with Crippen LogP contribution in [0.25, 0.3) is 11.3 Å². The van der Waals surface area contributed by atoms with E-state index in [1.165, 1.54) is 48.8 Å². The maximum Gasteiger partial charge on any atom is 0.237 e. The summed E-state index contributed by atoms with van der Waals surface area (Å²) in [4.78, 5) is 12.6. The van der Waals surface area contributed by atoms with E-state index in [0.717, 1.165) is 0 Å². The van der Waals surface area contributed by atoms with Gasteiger partial charge in [-0.15, -0.1) is 0 Å². The molecule has 0 amide bonds. The molecule has 2 aromatic carbocycles. The second kappa shape index (κ2) is 12.5. The highest BCUT2D eigenvalue weighted by atomic mass is 35.5. The summed E-state index contributed by atoms with van der Waals surface area (Å²) < 4.78 is 91.0. The van der Waals surface area contributed by atoms with Crippen LogP contribution in [0.4, 0.5) is 29.2 Å². The van der Waals surface area contributed by atoms with Crippen LogP contribution in [0.15, 0.2) is 60.9 Å². The number of rotatable bonds is 9. The maximum atomic E-state index is 15.1. The number of hydrogen-bond donors (Lipinski definition) is 3. The van der Waals surface area contributed by atoms with Gasteiger partial charge in [0.25, 0.3) is 0 Å². The molecule has 1 aliphatic rings. The van der Waals surface area contributed by atoms with Gasteiger partial charge in [-0.2, -0.15) is 4.39 Å². The number of hydrogen-bond acceptors (Lipinski definition) is 8. The van der Waals surface area contributed by atoms with Crippen molar-refractivity contribution in [3.63, 3.8) is 0 Å². The van der Waals surface area contributed by atoms with Crippen LogP contribution in [0.2, 0.25) is 5.02 Å². The molecule has 9 nitrogen and oxygen atoms in total. The van der Waals surface area contributed by atoms with Crippen LogP contribution in [0.1, 0.15) is 12.0 Å². The van der Waals surface area contributed by atoms with Crippen molar-refractivity contribution in [3.05, 3.63) is 89.0 Å². The van der Waals surface area contributed by atoms with Crippen LogP contribution in [0.3, 0.4) is 0 Å². The van der Waals surface area contributed by atoms with Gasteiger partial charge in [0.15, 0.2) is 17.4 Å². The minimum Gasteiger partial charge on any atom is -0.435 e. The molecule has 1 saturated heterocycles. The van der Waals surface area contributed by atoms with Gasteiger partial charge in [0.1, 0.15) is 11.9 Å². The van der Waals surface area contributed by atoms with Crippen molar-refractivity contribution in [2.45, 2.75) is 24.4 Å². The number of sulfonamides is 1. The predicted octanol–water partition coefficient (Wildman–Crippen LogP) is 5.46. The molecule has 15 heteroatoms. The smallest absolute Gasteiger partial charge is 0.237 e. The Morgan fingerprint density at radius 2 is 1.86 bits per heavy atom. The lowest BCUT2D eigenvalue weighted by atomic mass is 10.1. The lowest BCUT2D eigenvalue weighted by Crippen LogP contribution is -2.44. The summed E-state index contributed by atoms with van der Waals surface area (Å²) >= 11 is 5.86. The Balaban J connectivity index is 1.38. The standard InChI is InChI=1S/C27H23ClF4N6O3S/c28-16-4-1-3-15(9-16)14-42(39,40)38-25-20(30)11-22(23(31)24(25)32)41-26-19(5-2-7-34-26)21-6-8-35-27(37-21)36-18-10-17(29)12-33-13-18/h1-9,11,17-18,33,38H,10,12-14H2,(H,35,36,37)/t17-,18?/m0/s1. The molecule has 3 N–H and O–H groups in total. The first-order chi connectivity index (χ1) is 20.1. The molecule has 0 spiro atoms. The summed E-state index contributed by atoms with van der Waals surface area (Å²) in [5.74, 6) is -6.46. The highest BCUT2D eigenvalue weighted by molar-refractivity contribution is 7.91. The third-order valence-electron chi connectivity index (χ3n) is 6.17. The Labute approximate surface area is 243 Å². The highest BCUT2D eigenvalue weighted by Crippen LogP contribution is 2.36. The summed E-state index contributed by atoms with van der Waals surface area (Å²) in [5.41, 5.74) is -0.436. The summed E-state index contributed by atoms with van der Waals surface area (Å²) in [5, 5.41) is 6.29. The van der Waals surface area contributed by atoms with Crippen LogP contribution >= 0.6 is 11.6 Å². The molecule has 0 saturated carbocycles. The second-order valence-corrected chi connectivity index (χ2v) is 11.6. The van der Waals surface area contributed by atoms with E-state index in [9.17, 15) is 21.6 Å². The fraction of sp³-hybridized carbons (Fsp3) is 0.222. The van der Waals surface area contributed by atoms with Crippen LogP contribution in [0.5, 0.6) is 11.6 Å². The summed E-state index contributed by atoms with van der Waals surface area (Å²) in [6.45, 7) is 0.779. The number of benzene rings is 2. The fourth-order valence-corrected chi connectivity index (χ4v) is 5.71. The second-order valence-electron chi connectivity index (χ2n) is 9.41. The number of nitrogens with one attached hydrogen (secondary N) is 3. The molecule has 5 rings (SSSR count). The number of ether oxygens (including phenoxy) is 1. The van der Waals surface area contributed by atoms with Crippen LogP contribution in [-0.4, -0.2) is 48.7 Å². The average molecular weight is 623 g/mol. The monoisotopic (exact) mass is 622 g/mol.